The molecule has 0 aromatic carbocycles. The molecule has 0 radical (unpaired) electrons. The molecule has 208 valence electrons. The van der Waals surface area contributed by atoms with Crippen molar-refractivity contribution >= 4 is 14.1 Å². The van der Waals surface area contributed by atoms with Gasteiger partial charge in [-0.25, -0.2) is 0 Å². The first-order chi connectivity index (χ1) is 17.0. The van der Waals surface area contributed by atoms with Crippen LogP contribution in [-0.4, -0.2) is 63.1 Å². The number of carbonyl (C=O) groups is 1. The Hall–Kier alpha value is -0.460. The van der Waals surface area contributed by atoms with Gasteiger partial charge in [-0.1, -0.05) is 90.9 Å². The van der Waals surface area contributed by atoms with Crippen molar-refractivity contribution in [1.29, 1.82) is 0 Å². The third kappa shape index (κ3) is 18.4. The minimum absolute atomic E-state index is 0.113. The summed E-state index contributed by atoms with van der Waals surface area (Å²) in [6.07, 6.45) is 18.8. The average molecular weight is 521 g/mol. The maximum atomic E-state index is 12.3. The van der Waals surface area contributed by atoms with Gasteiger partial charge in [-0.3, -0.25) is 9.36 Å². The van der Waals surface area contributed by atoms with E-state index < -0.39 is 13.7 Å². The third-order valence-corrected chi connectivity index (χ3v) is 8.63. The van der Waals surface area contributed by atoms with Crippen LogP contribution in [-0.2, 0) is 23.4 Å². The first-order valence-corrected chi connectivity index (χ1v) is 16.2. The molecule has 3 unspecified atom stereocenters. The van der Waals surface area contributed by atoms with Gasteiger partial charge in [-0.15, -0.1) is 0 Å². The van der Waals surface area contributed by atoms with Crippen LogP contribution in [0.5, 0.6) is 0 Å². The van der Waals surface area contributed by atoms with E-state index in [1.54, 1.807) is 0 Å². The molecule has 2 N–H and O–H groups in total. The number of unbranched alkanes of at least 4 members (excludes halogenated alkanes) is 9. The van der Waals surface area contributed by atoms with Gasteiger partial charge >= 0.3 is 7.60 Å². The van der Waals surface area contributed by atoms with Gasteiger partial charge in [0.15, 0.2) is 0 Å². The number of ether oxygens (including phenoxy) is 2. The minimum Gasteiger partial charge on any atom is -0.460 e. The molecular formula is C27H55NO6P+. The van der Waals surface area contributed by atoms with Gasteiger partial charge in [0.1, 0.15) is 6.10 Å². The van der Waals surface area contributed by atoms with E-state index >= 15 is 0 Å². The average Bonchev–Trinajstić information content (AvgIpc) is 3.37. The molecule has 0 aromatic heterocycles. The van der Waals surface area contributed by atoms with Gasteiger partial charge in [0.2, 0.25) is 0 Å². The van der Waals surface area contributed by atoms with E-state index in [9.17, 15) is 14.3 Å². The van der Waals surface area contributed by atoms with Crippen LogP contribution >= 0.6 is 7.60 Å². The van der Waals surface area contributed by atoms with Crippen LogP contribution < -0.4 is 4.90 Å². The van der Waals surface area contributed by atoms with Crippen LogP contribution in [0.4, 0.5) is 0 Å². The van der Waals surface area contributed by atoms with Crippen LogP contribution in [0, 0.1) is 5.92 Å². The van der Waals surface area contributed by atoms with Crippen molar-refractivity contribution in [2.45, 2.75) is 116 Å². The summed E-state index contributed by atoms with van der Waals surface area (Å²) in [7, 11) is -3.68. The van der Waals surface area contributed by atoms with Gasteiger partial charge in [-0.2, -0.15) is 0 Å². The largest absolute Gasteiger partial charge is 0.460 e. The topological polar surface area (TPSA) is 86.5 Å². The normalized spacial score (nSPS) is 17.8. The van der Waals surface area contributed by atoms with Crippen molar-refractivity contribution in [3.8, 4) is 0 Å². The number of carbonyl (C=O) groups excluding carboxylic acids is 1. The summed E-state index contributed by atoms with van der Waals surface area (Å²) in [6.45, 7) is 8.28. The number of likely N-dealkylation sites (tertiary alicyclic amines) is 1. The van der Waals surface area contributed by atoms with Crippen molar-refractivity contribution in [3.05, 3.63) is 0 Å². The van der Waals surface area contributed by atoms with E-state index in [-0.39, 0.29) is 19.4 Å². The summed E-state index contributed by atoms with van der Waals surface area (Å²) in [6, 6.07) is 0. The maximum Gasteiger partial charge on any atom is 0.333 e. The number of hydrogen-bond donors (Lipinski definition) is 2. The van der Waals surface area contributed by atoms with Gasteiger partial charge in [0.05, 0.1) is 39.0 Å². The number of rotatable bonds is 25. The van der Waals surface area contributed by atoms with Crippen molar-refractivity contribution in [2.24, 2.45) is 5.92 Å². The quantitative estimate of drug-likeness (QED) is 0.0983. The number of hydrogen-bond acceptors (Lipinski definition) is 5. The SMILES string of the molecule is CCCCCCCCCCCCC(CC)CCOCC(COP(=O)(O)CC[NH+]1CCCC1)OC=O. The van der Waals surface area contributed by atoms with Crippen molar-refractivity contribution in [1.82, 2.24) is 0 Å². The first-order valence-electron chi connectivity index (χ1n) is 14.5. The number of quaternary nitrogens is 1. The maximum absolute atomic E-state index is 12.3. The van der Waals surface area contributed by atoms with E-state index in [1.165, 1.54) is 88.4 Å². The molecule has 0 amide bonds. The van der Waals surface area contributed by atoms with Crippen LogP contribution in [0.1, 0.15) is 110 Å². The molecule has 0 aromatic rings. The smallest absolute Gasteiger partial charge is 0.333 e. The predicted molar refractivity (Wildman–Crippen MR) is 142 cm³/mol. The molecule has 0 bridgehead atoms. The highest BCUT2D eigenvalue weighted by atomic mass is 31.2. The molecule has 1 rings (SSSR count). The van der Waals surface area contributed by atoms with E-state index in [2.05, 4.69) is 13.8 Å². The van der Waals surface area contributed by atoms with Crippen molar-refractivity contribution < 1.29 is 33.2 Å². The lowest BCUT2D eigenvalue weighted by molar-refractivity contribution is -0.884. The van der Waals surface area contributed by atoms with Gasteiger partial charge < -0.3 is 23.8 Å². The highest BCUT2D eigenvalue weighted by Gasteiger charge is 2.26. The number of nitrogens with one attached hydrogen (secondary N) is 1. The van der Waals surface area contributed by atoms with Crippen LogP contribution in [0.2, 0.25) is 0 Å². The minimum atomic E-state index is -3.68. The fourth-order valence-electron chi connectivity index (χ4n) is 4.83. The summed E-state index contributed by atoms with van der Waals surface area (Å²) in [5, 5.41) is 0. The molecule has 8 heteroatoms. The second kappa shape index (κ2) is 21.6. The van der Waals surface area contributed by atoms with E-state index in [1.807, 2.05) is 0 Å². The van der Waals surface area contributed by atoms with Gasteiger partial charge in [-0.05, 0) is 12.3 Å². The highest BCUT2D eigenvalue weighted by molar-refractivity contribution is 7.52. The van der Waals surface area contributed by atoms with E-state index in [4.69, 9.17) is 14.0 Å². The lowest BCUT2D eigenvalue weighted by Gasteiger charge is -2.20. The van der Waals surface area contributed by atoms with Crippen molar-refractivity contribution in [3.63, 3.8) is 0 Å². The van der Waals surface area contributed by atoms with E-state index in [0.29, 0.717) is 25.5 Å². The lowest BCUT2D eigenvalue weighted by Crippen LogP contribution is -3.10. The van der Waals surface area contributed by atoms with Crippen LogP contribution in [0.15, 0.2) is 0 Å². The predicted octanol–water partition coefficient (Wildman–Crippen LogP) is 5.15. The zero-order chi connectivity index (χ0) is 25.6. The van der Waals surface area contributed by atoms with E-state index in [0.717, 1.165) is 25.9 Å². The fourth-order valence-corrected chi connectivity index (χ4v) is 5.96. The molecule has 35 heavy (non-hydrogen) atoms. The molecule has 1 aliphatic heterocycles. The molecule has 1 aliphatic rings. The summed E-state index contributed by atoms with van der Waals surface area (Å²) in [5.74, 6) is 0.650. The van der Waals surface area contributed by atoms with Crippen molar-refractivity contribution in [2.75, 3.05) is 45.6 Å². The Bertz CT molecular complexity index is 544. The van der Waals surface area contributed by atoms with Gasteiger partial charge in [0, 0.05) is 19.4 Å². The fraction of sp³-hybridized carbons (Fsp3) is 0.963. The summed E-state index contributed by atoms with van der Waals surface area (Å²) in [4.78, 5) is 22.3. The monoisotopic (exact) mass is 520 g/mol. The highest BCUT2D eigenvalue weighted by Crippen LogP contribution is 2.41. The Labute approximate surface area is 215 Å². The second-order valence-corrected chi connectivity index (χ2v) is 12.3. The molecule has 0 saturated carbocycles. The Balaban J connectivity index is 2.10. The summed E-state index contributed by atoms with van der Waals surface area (Å²) < 4.78 is 28.3. The summed E-state index contributed by atoms with van der Waals surface area (Å²) >= 11 is 0. The Morgan fingerprint density at radius 1 is 0.914 bits per heavy atom. The molecule has 1 fully saturated rings. The second-order valence-electron chi connectivity index (χ2n) is 10.3. The molecule has 3 atom stereocenters. The first kappa shape index (κ1) is 32.6. The standard InChI is InChI=1S/C27H54NO6P/c1-3-5-6-7-8-9-10-11-12-13-16-26(4-2)17-21-32-23-27(33-25-29)24-34-35(30,31)22-20-28-18-14-15-19-28/h25-27H,3-24H2,1-2H3,(H,30,31)/p+1. The molecule has 1 saturated heterocycles. The summed E-state index contributed by atoms with van der Waals surface area (Å²) in [5.41, 5.74) is 0. The Morgan fingerprint density at radius 3 is 2.14 bits per heavy atom. The molecule has 1 heterocycles. The molecule has 0 aliphatic carbocycles. The molecular weight excluding hydrogens is 465 g/mol. The molecule has 0 spiro atoms. The van der Waals surface area contributed by atoms with Gasteiger partial charge in [0.25, 0.3) is 6.47 Å². The van der Waals surface area contributed by atoms with Crippen LogP contribution in [0.25, 0.3) is 0 Å². The zero-order valence-electron chi connectivity index (χ0n) is 22.7. The zero-order valence-corrected chi connectivity index (χ0v) is 23.6. The Morgan fingerprint density at radius 2 is 1.54 bits per heavy atom. The Kier molecular flexibility index (Phi) is 20.1. The molecule has 7 nitrogen and oxygen atoms in total. The third-order valence-electron chi connectivity index (χ3n) is 7.29. The van der Waals surface area contributed by atoms with Crippen LogP contribution in [0.3, 0.4) is 0 Å². The lowest BCUT2D eigenvalue weighted by atomic mass is 9.95.